The summed E-state index contributed by atoms with van der Waals surface area (Å²) in [6.45, 7) is 1.31. The number of pyridine rings is 1. The van der Waals surface area contributed by atoms with Crippen molar-refractivity contribution in [2.45, 2.75) is 13.0 Å². The second-order valence-electron chi connectivity index (χ2n) is 4.74. The van der Waals surface area contributed by atoms with Crippen molar-refractivity contribution in [3.8, 4) is 5.75 Å². The average molecular weight is 349 g/mol. The van der Waals surface area contributed by atoms with Gasteiger partial charge in [0.05, 0.1) is 18.5 Å². The molecule has 1 aromatic heterocycles. The predicted molar refractivity (Wildman–Crippen MR) is 81.9 cm³/mol. The summed E-state index contributed by atoms with van der Waals surface area (Å²) < 4.78 is 6.70. The molecule has 21 heavy (non-hydrogen) atoms. The number of anilines is 1. The summed E-state index contributed by atoms with van der Waals surface area (Å²) in [5.41, 5.74) is 3.08. The minimum atomic E-state index is -1.03. The predicted octanol–water partition coefficient (Wildman–Crippen LogP) is 3.09. The first-order valence-electron chi connectivity index (χ1n) is 6.51. The summed E-state index contributed by atoms with van der Waals surface area (Å²) in [6, 6.07) is 7.28. The molecule has 0 amide bonds. The van der Waals surface area contributed by atoms with E-state index in [4.69, 9.17) is 9.84 Å². The van der Waals surface area contributed by atoms with Gasteiger partial charge in [-0.1, -0.05) is 15.9 Å². The number of fused-ring (bicyclic) bond motifs is 1. The monoisotopic (exact) mass is 348 g/mol. The Labute approximate surface area is 130 Å². The Hall–Kier alpha value is -2.08. The van der Waals surface area contributed by atoms with Gasteiger partial charge in [-0.05, 0) is 29.8 Å². The number of halogens is 1. The maximum absolute atomic E-state index is 10.8. The summed E-state index contributed by atoms with van der Waals surface area (Å²) in [5, 5.41) is 12.0. The van der Waals surface area contributed by atoms with E-state index in [1.165, 1.54) is 17.8 Å². The molecule has 6 heteroatoms. The SMILES string of the molecule is O=C(O)c1ccc(NCc2cc(Br)cc3c2OCC3)cn1. The van der Waals surface area contributed by atoms with Crippen LogP contribution in [0.25, 0.3) is 0 Å². The Morgan fingerprint density at radius 1 is 1.43 bits per heavy atom. The lowest BCUT2D eigenvalue weighted by Gasteiger charge is -2.11. The topological polar surface area (TPSA) is 71.5 Å². The van der Waals surface area contributed by atoms with Crippen LogP contribution < -0.4 is 10.1 Å². The van der Waals surface area contributed by atoms with Gasteiger partial charge >= 0.3 is 5.97 Å². The van der Waals surface area contributed by atoms with Crippen LogP contribution in [0, 0.1) is 0 Å². The van der Waals surface area contributed by atoms with Gasteiger partial charge in [-0.3, -0.25) is 0 Å². The van der Waals surface area contributed by atoms with E-state index in [0.29, 0.717) is 13.2 Å². The third kappa shape index (κ3) is 3.00. The fourth-order valence-corrected chi connectivity index (χ4v) is 2.85. The molecule has 0 radical (unpaired) electrons. The van der Waals surface area contributed by atoms with Crippen molar-refractivity contribution in [3.63, 3.8) is 0 Å². The summed E-state index contributed by atoms with van der Waals surface area (Å²) in [6.07, 6.45) is 2.44. The van der Waals surface area contributed by atoms with E-state index in [0.717, 1.165) is 27.9 Å². The number of hydrogen-bond donors (Lipinski definition) is 2. The minimum absolute atomic E-state index is 0.0345. The van der Waals surface area contributed by atoms with E-state index >= 15 is 0 Å². The molecule has 0 saturated carbocycles. The van der Waals surface area contributed by atoms with Gasteiger partial charge in [0, 0.05) is 23.0 Å². The van der Waals surface area contributed by atoms with Gasteiger partial charge in [-0.15, -0.1) is 0 Å². The fraction of sp³-hybridized carbons (Fsp3) is 0.200. The van der Waals surface area contributed by atoms with Crippen molar-refractivity contribution in [1.29, 1.82) is 0 Å². The summed E-state index contributed by atoms with van der Waals surface area (Å²) in [5.74, 6) is -0.0828. The molecule has 2 N–H and O–H groups in total. The second-order valence-corrected chi connectivity index (χ2v) is 5.66. The average Bonchev–Trinajstić information content (AvgIpc) is 2.93. The lowest BCUT2D eigenvalue weighted by Crippen LogP contribution is -2.04. The Morgan fingerprint density at radius 2 is 2.29 bits per heavy atom. The van der Waals surface area contributed by atoms with Crippen LogP contribution in [0.2, 0.25) is 0 Å². The first kappa shape index (κ1) is 13.9. The molecule has 0 spiro atoms. The normalized spacial score (nSPS) is 12.6. The first-order chi connectivity index (χ1) is 10.1. The Bertz CT molecular complexity index is 686. The van der Waals surface area contributed by atoms with Crippen molar-refractivity contribution in [2.75, 3.05) is 11.9 Å². The highest BCUT2D eigenvalue weighted by atomic mass is 79.9. The van der Waals surface area contributed by atoms with E-state index in [9.17, 15) is 4.79 Å². The van der Waals surface area contributed by atoms with Gasteiger partial charge in [0.1, 0.15) is 11.4 Å². The highest BCUT2D eigenvalue weighted by Crippen LogP contribution is 2.33. The zero-order valence-corrected chi connectivity index (χ0v) is 12.7. The smallest absolute Gasteiger partial charge is 0.354 e. The molecular formula is C15H13BrN2O3. The Morgan fingerprint density at radius 3 is 3.00 bits per heavy atom. The fourth-order valence-electron chi connectivity index (χ4n) is 2.30. The van der Waals surface area contributed by atoms with Gasteiger partial charge in [-0.25, -0.2) is 9.78 Å². The van der Waals surface area contributed by atoms with Crippen LogP contribution in [0.5, 0.6) is 5.75 Å². The van der Waals surface area contributed by atoms with E-state index in [1.807, 2.05) is 6.07 Å². The number of aromatic nitrogens is 1. The van der Waals surface area contributed by atoms with E-state index in [1.54, 1.807) is 6.07 Å². The quantitative estimate of drug-likeness (QED) is 0.888. The van der Waals surface area contributed by atoms with Crippen LogP contribution in [-0.2, 0) is 13.0 Å². The number of ether oxygens (including phenoxy) is 1. The first-order valence-corrected chi connectivity index (χ1v) is 7.30. The molecule has 0 fully saturated rings. The Kier molecular flexibility index (Phi) is 3.79. The van der Waals surface area contributed by atoms with Crippen molar-refractivity contribution >= 4 is 27.6 Å². The molecule has 0 saturated heterocycles. The van der Waals surface area contributed by atoms with Crippen LogP contribution in [0.3, 0.4) is 0 Å². The number of rotatable bonds is 4. The third-order valence-electron chi connectivity index (χ3n) is 3.29. The zero-order chi connectivity index (χ0) is 14.8. The number of aromatic carboxylic acids is 1. The van der Waals surface area contributed by atoms with Crippen molar-refractivity contribution < 1.29 is 14.6 Å². The lowest BCUT2D eigenvalue weighted by molar-refractivity contribution is 0.0690. The largest absolute Gasteiger partial charge is 0.493 e. The van der Waals surface area contributed by atoms with Gasteiger partial charge in [0.25, 0.3) is 0 Å². The molecule has 1 aliphatic heterocycles. The lowest BCUT2D eigenvalue weighted by atomic mass is 10.1. The van der Waals surface area contributed by atoms with Gasteiger partial charge in [-0.2, -0.15) is 0 Å². The van der Waals surface area contributed by atoms with Crippen LogP contribution in [0.4, 0.5) is 5.69 Å². The van der Waals surface area contributed by atoms with Crippen LogP contribution >= 0.6 is 15.9 Å². The minimum Gasteiger partial charge on any atom is -0.493 e. The number of carbonyl (C=O) groups is 1. The molecule has 3 rings (SSSR count). The molecule has 0 bridgehead atoms. The maximum atomic E-state index is 10.8. The van der Waals surface area contributed by atoms with E-state index in [-0.39, 0.29) is 5.69 Å². The van der Waals surface area contributed by atoms with Gasteiger partial charge < -0.3 is 15.2 Å². The third-order valence-corrected chi connectivity index (χ3v) is 3.75. The number of carboxylic acid groups (broad SMARTS) is 1. The van der Waals surface area contributed by atoms with E-state index in [2.05, 4.69) is 32.3 Å². The van der Waals surface area contributed by atoms with Crippen LogP contribution in [-0.4, -0.2) is 22.7 Å². The summed E-state index contributed by atoms with van der Waals surface area (Å²) in [7, 11) is 0. The number of nitrogens with zero attached hydrogens (tertiary/aromatic N) is 1. The second kappa shape index (κ2) is 5.73. The molecule has 5 nitrogen and oxygen atoms in total. The number of nitrogens with one attached hydrogen (secondary N) is 1. The summed E-state index contributed by atoms with van der Waals surface area (Å²) >= 11 is 3.51. The van der Waals surface area contributed by atoms with Crippen molar-refractivity contribution in [3.05, 3.63) is 51.8 Å². The van der Waals surface area contributed by atoms with E-state index < -0.39 is 5.97 Å². The molecule has 0 unspecified atom stereocenters. The standard InChI is InChI=1S/C15H13BrN2O3/c16-11-5-9-3-4-21-14(9)10(6-11)7-17-12-1-2-13(15(19)20)18-8-12/h1-2,5-6,8,17H,3-4,7H2,(H,19,20). The maximum Gasteiger partial charge on any atom is 0.354 e. The molecule has 2 heterocycles. The highest BCUT2D eigenvalue weighted by molar-refractivity contribution is 9.10. The van der Waals surface area contributed by atoms with Gasteiger partial charge in [0.15, 0.2) is 0 Å². The Balaban J connectivity index is 1.75. The zero-order valence-electron chi connectivity index (χ0n) is 11.1. The molecule has 2 aromatic rings. The van der Waals surface area contributed by atoms with Crippen molar-refractivity contribution in [1.82, 2.24) is 4.98 Å². The molecule has 0 atom stereocenters. The highest BCUT2D eigenvalue weighted by Gasteiger charge is 2.17. The van der Waals surface area contributed by atoms with Crippen LogP contribution in [0.1, 0.15) is 21.6 Å². The molecule has 0 aliphatic carbocycles. The molecule has 108 valence electrons. The van der Waals surface area contributed by atoms with Crippen LogP contribution in [0.15, 0.2) is 34.9 Å². The summed E-state index contributed by atoms with van der Waals surface area (Å²) in [4.78, 5) is 14.6. The van der Waals surface area contributed by atoms with Gasteiger partial charge in [0.2, 0.25) is 0 Å². The molecule has 1 aromatic carbocycles. The number of benzene rings is 1. The van der Waals surface area contributed by atoms with Crippen molar-refractivity contribution in [2.24, 2.45) is 0 Å². The number of hydrogen-bond acceptors (Lipinski definition) is 4. The molecule has 1 aliphatic rings. The number of carboxylic acids is 1. The molecular weight excluding hydrogens is 336 g/mol.